The maximum Gasteiger partial charge on any atom is 0.294 e. The summed E-state index contributed by atoms with van der Waals surface area (Å²) in [5, 5.41) is 2.97. The quantitative estimate of drug-likeness (QED) is 0.408. The minimum Gasteiger partial charge on any atom is -0.324 e. The topological polar surface area (TPSA) is 71.4 Å². The van der Waals surface area contributed by atoms with E-state index in [4.69, 9.17) is 23.2 Å². The molecule has 174 valence electrons. The van der Waals surface area contributed by atoms with Gasteiger partial charge in [-0.05, 0) is 79.7 Å². The summed E-state index contributed by atoms with van der Waals surface area (Å²) in [5.74, 6) is -1.69. The van der Waals surface area contributed by atoms with Crippen LogP contribution >= 0.6 is 35.0 Å². The molecule has 0 unspecified atom stereocenters. The summed E-state index contributed by atoms with van der Waals surface area (Å²) >= 11 is 13.3. The zero-order valence-corrected chi connectivity index (χ0v) is 20.4. The number of aryl methyl sites for hydroxylation is 1. The molecule has 3 amide bonds. The fourth-order valence-corrected chi connectivity index (χ4v) is 4.85. The molecular formula is C24H18Cl2FN3O3S. The number of halogens is 3. The molecule has 6 nitrogen and oxygen atoms in total. The Balaban J connectivity index is 1.56. The summed E-state index contributed by atoms with van der Waals surface area (Å²) in [6, 6.07) is 12.4. The first kappa shape index (κ1) is 24.1. The fraction of sp³-hybridized carbons (Fsp3) is 0.125. The third-order valence-corrected chi connectivity index (χ3v) is 6.65. The first-order chi connectivity index (χ1) is 16.1. The van der Waals surface area contributed by atoms with Crippen molar-refractivity contribution < 1.29 is 18.8 Å². The molecule has 0 spiro atoms. The van der Waals surface area contributed by atoms with Crippen molar-refractivity contribution in [3.8, 4) is 5.69 Å². The number of rotatable bonds is 5. The lowest BCUT2D eigenvalue weighted by molar-refractivity contribution is -0.127. The number of benzene rings is 2. The third kappa shape index (κ3) is 4.89. The summed E-state index contributed by atoms with van der Waals surface area (Å²) in [7, 11) is 0. The number of thioether (sulfide) groups is 1. The molecule has 3 aromatic rings. The molecule has 10 heteroatoms. The first-order valence-electron chi connectivity index (χ1n) is 10.1. The van der Waals surface area contributed by atoms with Gasteiger partial charge in [0.25, 0.3) is 11.1 Å². The molecule has 34 heavy (non-hydrogen) atoms. The highest BCUT2D eigenvalue weighted by Gasteiger charge is 2.36. The second-order valence-electron chi connectivity index (χ2n) is 7.58. The highest BCUT2D eigenvalue weighted by Crippen LogP contribution is 2.35. The average molecular weight is 518 g/mol. The molecule has 1 aliphatic rings. The van der Waals surface area contributed by atoms with Gasteiger partial charge in [0.05, 0.1) is 15.6 Å². The van der Waals surface area contributed by atoms with E-state index in [9.17, 15) is 18.8 Å². The normalized spacial score (nSPS) is 14.9. The van der Waals surface area contributed by atoms with Crippen molar-refractivity contribution in [2.45, 2.75) is 13.8 Å². The molecule has 0 aliphatic carbocycles. The molecule has 1 N–H and O–H groups in total. The lowest BCUT2D eigenvalue weighted by atomic mass is 10.2. The van der Waals surface area contributed by atoms with E-state index in [1.54, 1.807) is 24.3 Å². The van der Waals surface area contributed by atoms with Crippen molar-refractivity contribution in [1.29, 1.82) is 0 Å². The SMILES string of the molecule is Cc1cc(/C=C2/SC(=O)N(CC(=O)Nc3cccc(F)c3)C2=O)c(C)n1-c1cc(Cl)ccc1Cl. The predicted octanol–water partition coefficient (Wildman–Crippen LogP) is 6.22. The van der Waals surface area contributed by atoms with E-state index >= 15 is 0 Å². The summed E-state index contributed by atoms with van der Waals surface area (Å²) in [6.07, 6.45) is 1.62. The summed E-state index contributed by atoms with van der Waals surface area (Å²) < 4.78 is 15.2. The monoisotopic (exact) mass is 517 g/mol. The second kappa shape index (κ2) is 9.66. The highest BCUT2D eigenvalue weighted by molar-refractivity contribution is 8.18. The Labute approximate surface area is 209 Å². The smallest absolute Gasteiger partial charge is 0.294 e. The summed E-state index contributed by atoms with van der Waals surface area (Å²) in [6.45, 7) is 3.28. The highest BCUT2D eigenvalue weighted by atomic mass is 35.5. The van der Waals surface area contributed by atoms with Gasteiger partial charge < -0.3 is 9.88 Å². The van der Waals surface area contributed by atoms with Crippen molar-refractivity contribution in [2.75, 3.05) is 11.9 Å². The number of nitrogens with zero attached hydrogens (tertiary/aromatic N) is 2. The summed E-state index contributed by atoms with van der Waals surface area (Å²) in [5.41, 5.74) is 3.33. The Morgan fingerprint density at radius 3 is 2.62 bits per heavy atom. The Hall–Kier alpha value is -3.07. The van der Waals surface area contributed by atoms with Crippen molar-refractivity contribution in [2.24, 2.45) is 0 Å². The minimum atomic E-state index is -0.608. The molecule has 1 aliphatic heterocycles. The first-order valence-corrected chi connectivity index (χ1v) is 11.7. The Morgan fingerprint density at radius 1 is 1.12 bits per heavy atom. The van der Waals surface area contributed by atoms with Crippen LogP contribution in [0.4, 0.5) is 14.9 Å². The molecule has 0 radical (unpaired) electrons. The van der Waals surface area contributed by atoms with E-state index in [0.717, 1.165) is 39.7 Å². The van der Waals surface area contributed by atoms with Crippen LogP contribution in [-0.4, -0.2) is 33.1 Å². The number of anilines is 1. The fourth-order valence-electron chi connectivity index (χ4n) is 3.65. The van der Waals surface area contributed by atoms with Gasteiger partial charge in [-0.15, -0.1) is 0 Å². The molecule has 0 atom stereocenters. The lowest BCUT2D eigenvalue weighted by Gasteiger charge is -2.12. The minimum absolute atomic E-state index is 0.195. The molecule has 4 rings (SSSR count). The van der Waals surface area contributed by atoms with E-state index in [2.05, 4.69) is 5.32 Å². The van der Waals surface area contributed by atoms with Crippen LogP contribution in [0.1, 0.15) is 17.0 Å². The molecule has 2 aromatic carbocycles. The third-order valence-electron chi connectivity index (χ3n) is 5.19. The van der Waals surface area contributed by atoms with Gasteiger partial charge in [0, 0.05) is 22.1 Å². The van der Waals surface area contributed by atoms with E-state index in [0.29, 0.717) is 15.7 Å². The van der Waals surface area contributed by atoms with E-state index in [1.165, 1.54) is 18.2 Å². The van der Waals surface area contributed by atoms with Gasteiger partial charge in [0.2, 0.25) is 5.91 Å². The molecule has 0 bridgehead atoms. The number of aromatic nitrogens is 1. The van der Waals surface area contributed by atoms with Crippen LogP contribution < -0.4 is 5.32 Å². The predicted molar refractivity (Wildman–Crippen MR) is 133 cm³/mol. The van der Waals surface area contributed by atoms with Gasteiger partial charge in [-0.25, -0.2) is 4.39 Å². The number of imide groups is 1. The van der Waals surface area contributed by atoms with Crippen molar-refractivity contribution in [3.63, 3.8) is 0 Å². The number of carbonyl (C=O) groups is 3. The van der Waals surface area contributed by atoms with Crippen LogP contribution in [-0.2, 0) is 9.59 Å². The van der Waals surface area contributed by atoms with Gasteiger partial charge in [-0.2, -0.15) is 0 Å². The zero-order valence-electron chi connectivity index (χ0n) is 18.1. The Morgan fingerprint density at radius 2 is 1.88 bits per heavy atom. The van der Waals surface area contributed by atoms with Crippen LogP contribution in [0.2, 0.25) is 10.0 Å². The second-order valence-corrected chi connectivity index (χ2v) is 9.42. The number of hydrogen-bond acceptors (Lipinski definition) is 4. The zero-order chi connectivity index (χ0) is 24.6. The maximum atomic E-state index is 13.3. The molecule has 1 aromatic heterocycles. The van der Waals surface area contributed by atoms with Gasteiger partial charge in [-0.1, -0.05) is 29.3 Å². The number of hydrogen-bond donors (Lipinski definition) is 1. The maximum absolute atomic E-state index is 13.3. The van der Waals surface area contributed by atoms with Gasteiger partial charge >= 0.3 is 0 Å². The molecule has 2 heterocycles. The largest absolute Gasteiger partial charge is 0.324 e. The van der Waals surface area contributed by atoms with Crippen molar-refractivity contribution in [1.82, 2.24) is 9.47 Å². The van der Waals surface area contributed by atoms with E-state index < -0.39 is 29.4 Å². The van der Waals surface area contributed by atoms with Crippen LogP contribution in [0.3, 0.4) is 0 Å². The van der Waals surface area contributed by atoms with E-state index in [1.807, 2.05) is 24.5 Å². The number of amides is 3. The lowest BCUT2D eigenvalue weighted by Crippen LogP contribution is -2.36. The van der Waals surface area contributed by atoms with Crippen molar-refractivity contribution in [3.05, 3.63) is 86.2 Å². The number of carbonyl (C=O) groups excluding carboxylic acids is 3. The van der Waals surface area contributed by atoms with Gasteiger partial charge in [-0.3, -0.25) is 19.3 Å². The van der Waals surface area contributed by atoms with E-state index in [-0.39, 0.29) is 10.6 Å². The van der Waals surface area contributed by atoms with Crippen LogP contribution in [0.15, 0.2) is 53.4 Å². The summed E-state index contributed by atoms with van der Waals surface area (Å²) in [4.78, 5) is 38.7. The number of nitrogens with one attached hydrogen (secondary N) is 1. The van der Waals surface area contributed by atoms with Crippen LogP contribution in [0.5, 0.6) is 0 Å². The Bertz CT molecular complexity index is 1370. The average Bonchev–Trinajstić information content (AvgIpc) is 3.19. The van der Waals surface area contributed by atoms with Gasteiger partial charge in [0.15, 0.2) is 0 Å². The van der Waals surface area contributed by atoms with Crippen molar-refractivity contribution >= 4 is 63.8 Å². The Kier molecular flexibility index (Phi) is 6.84. The van der Waals surface area contributed by atoms with Crippen LogP contribution in [0, 0.1) is 19.7 Å². The van der Waals surface area contributed by atoms with Gasteiger partial charge in [0.1, 0.15) is 12.4 Å². The molecule has 1 fully saturated rings. The molecular weight excluding hydrogens is 500 g/mol. The molecule has 1 saturated heterocycles. The van der Waals surface area contributed by atoms with Crippen LogP contribution in [0.25, 0.3) is 11.8 Å². The standard InChI is InChI=1S/C24H18Cl2FN3O3S/c1-13-8-15(14(2)30(13)20-10-16(25)6-7-19(20)26)9-21-23(32)29(24(33)34-21)12-22(31)28-18-5-3-4-17(27)11-18/h3-11H,12H2,1-2H3,(H,28,31)/b21-9+. The molecule has 0 saturated carbocycles.